The fraction of sp³-hybridized carbons (Fsp3) is 0.333. The molecule has 0 aliphatic heterocycles. The van der Waals surface area contributed by atoms with Crippen molar-refractivity contribution in [3.8, 4) is 10.6 Å². The maximum atomic E-state index is 4.97. The number of rotatable bonds is 5. The Labute approximate surface area is 105 Å². The SMILES string of the molecule is COCCNc1ncc(-c2ccc(C)cn2)s1. The Morgan fingerprint density at radius 3 is 2.88 bits per heavy atom. The molecule has 2 rings (SSSR count). The number of methoxy groups -OCH3 is 1. The third-order valence-corrected chi connectivity index (χ3v) is 3.23. The van der Waals surface area contributed by atoms with E-state index in [4.69, 9.17) is 4.74 Å². The molecule has 2 heterocycles. The lowest BCUT2D eigenvalue weighted by Crippen LogP contribution is -2.06. The second-order valence-corrected chi connectivity index (χ2v) is 4.70. The molecule has 0 spiro atoms. The maximum Gasteiger partial charge on any atom is 0.183 e. The number of hydrogen-bond donors (Lipinski definition) is 1. The van der Waals surface area contributed by atoms with E-state index in [2.05, 4.69) is 21.4 Å². The summed E-state index contributed by atoms with van der Waals surface area (Å²) in [6.45, 7) is 3.48. The van der Waals surface area contributed by atoms with Crippen LogP contribution in [0.2, 0.25) is 0 Å². The summed E-state index contributed by atoms with van der Waals surface area (Å²) in [6, 6.07) is 4.07. The molecule has 0 saturated heterocycles. The molecule has 0 aromatic carbocycles. The van der Waals surface area contributed by atoms with Crippen LogP contribution in [0.5, 0.6) is 0 Å². The van der Waals surface area contributed by atoms with Crippen LogP contribution >= 0.6 is 11.3 Å². The van der Waals surface area contributed by atoms with Crippen LogP contribution in [0.1, 0.15) is 5.56 Å². The lowest BCUT2D eigenvalue weighted by molar-refractivity contribution is 0.211. The topological polar surface area (TPSA) is 47.0 Å². The van der Waals surface area contributed by atoms with Gasteiger partial charge in [-0.15, -0.1) is 0 Å². The van der Waals surface area contributed by atoms with E-state index in [1.807, 2.05) is 25.4 Å². The zero-order valence-corrected chi connectivity index (χ0v) is 10.8. The van der Waals surface area contributed by atoms with Crippen LogP contribution in [-0.2, 0) is 4.74 Å². The van der Waals surface area contributed by atoms with E-state index < -0.39 is 0 Å². The third kappa shape index (κ3) is 3.25. The molecule has 0 unspecified atom stereocenters. The summed E-state index contributed by atoms with van der Waals surface area (Å²) in [7, 11) is 1.69. The number of anilines is 1. The van der Waals surface area contributed by atoms with Crippen LogP contribution in [-0.4, -0.2) is 30.2 Å². The second-order valence-electron chi connectivity index (χ2n) is 3.67. The Bertz CT molecular complexity index is 467. The van der Waals surface area contributed by atoms with Gasteiger partial charge in [0.05, 0.1) is 17.2 Å². The van der Waals surface area contributed by atoms with E-state index in [0.717, 1.165) is 27.8 Å². The molecule has 17 heavy (non-hydrogen) atoms. The highest BCUT2D eigenvalue weighted by molar-refractivity contribution is 7.18. The third-order valence-electron chi connectivity index (χ3n) is 2.25. The van der Waals surface area contributed by atoms with Crippen LogP contribution in [0.3, 0.4) is 0 Å². The number of nitrogens with one attached hydrogen (secondary N) is 1. The minimum Gasteiger partial charge on any atom is -0.383 e. The van der Waals surface area contributed by atoms with Crippen molar-refractivity contribution in [2.45, 2.75) is 6.92 Å². The zero-order valence-electron chi connectivity index (χ0n) is 9.93. The largest absolute Gasteiger partial charge is 0.383 e. The predicted octanol–water partition coefficient (Wildman–Crippen LogP) is 2.57. The number of aromatic nitrogens is 2. The minimum absolute atomic E-state index is 0.678. The van der Waals surface area contributed by atoms with Gasteiger partial charge < -0.3 is 10.1 Å². The van der Waals surface area contributed by atoms with Gasteiger partial charge >= 0.3 is 0 Å². The van der Waals surface area contributed by atoms with Gasteiger partial charge in [0.15, 0.2) is 5.13 Å². The molecule has 2 aromatic heterocycles. The fourth-order valence-corrected chi connectivity index (χ4v) is 2.17. The van der Waals surface area contributed by atoms with Crippen molar-refractivity contribution < 1.29 is 4.74 Å². The Hall–Kier alpha value is -1.46. The maximum absolute atomic E-state index is 4.97. The molecule has 0 fully saturated rings. The normalized spacial score (nSPS) is 10.5. The van der Waals surface area contributed by atoms with Crippen molar-refractivity contribution in [1.82, 2.24) is 9.97 Å². The minimum atomic E-state index is 0.678. The summed E-state index contributed by atoms with van der Waals surface area (Å²) in [5.74, 6) is 0. The number of hydrogen-bond acceptors (Lipinski definition) is 5. The molecule has 0 saturated carbocycles. The number of nitrogens with zero attached hydrogens (tertiary/aromatic N) is 2. The molecule has 0 atom stereocenters. The highest BCUT2D eigenvalue weighted by atomic mass is 32.1. The predicted molar refractivity (Wildman–Crippen MR) is 70.4 cm³/mol. The quantitative estimate of drug-likeness (QED) is 0.827. The van der Waals surface area contributed by atoms with E-state index in [-0.39, 0.29) is 0 Å². The lowest BCUT2D eigenvalue weighted by Gasteiger charge is -1.99. The molecule has 2 aromatic rings. The van der Waals surface area contributed by atoms with Crippen molar-refractivity contribution in [3.05, 3.63) is 30.1 Å². The second kappa shape index (κ2) is 5.75. The molecule has 90 valence electrons. The van der Waals surface area contributed by atoms with Gasteiger partial charge in [0.25, 0.3) is 0 Å². The van der Waals surface area contributed by atoms with Gasteiger partial charge in [0, 0.05) is 26.0 Å². The number of ether oxygens (including phenoxy) is 1. The Balaban J connectivity index is 2.04. The molecule has 0 bridgehead atoms. The average molecular weight is 249 g/mol. The highest BCUT2D eigenvalue weighted by Gasteiger charge is 2.04. The molecule has 1 N–H and O–H groups in total. The van der Waals surface area contributed by atoms with Gasteiger partial charge in [-0.3, -0.25) is 4.98 Å². The van der Waals surface area contributed by atoms with E-state index >= 15 is 0 Å². The van der Waals surface area contributed by atoms with Crippen molar-refractivity contribution in [3.63, 3.8) is 0 Å². The first-order valence-electron chi connectivity index (χ1n) is 5.41. The lowest BCUT2D eigenvalue weighted by atomic mass is 10.2. The Morgan fingerprint density at radius 2 is 2.18 bits per heavy atom. The average Bonchev–Trinajstić information content (AvgIpc) is 2.79. The van der Waals surface area contributed by atoms with Crippen molar-refractivity contribution in [2.75, 3.05) is 25.6 Å². The summed E-state index contributed by atoms with van der Waals surface area (Å²) in [6.07, 6.45) is 3.71. The van der Waals surface area contributed by atoms with Crippen LogP contribution in [0, 0.1) is 6.92 Å². The van der Waals surface area contributed by atoms with Crippen molar-refractivity contribution in [2.24, 2.45) is 0 Å². The van der Waals surface area contributed by atoms with Gasteiger partial charge in [-0.1, -0.05) is 17.4 Å². The van der Waals surface area contributed by atoms with E-state index in [1.54, 1.807) is 18.4 Å². The van der Waals surface area contributed by atoms with Gasteiger partial charge in [-0.05, 0) is 18.6 Å². The summed E-state index contributed by atoms with van der Waals surface area (Å²) in [4.78, 5) is 9.75. The molecule has 0 aliphatic carbocycles. The number of aryl methyl sites for hydroxylation is 1. The van der Waals surface area contributed by atoms with Crippen LogP contribution < -0.4 is 5.32 Å². The first kappa shape index (κ1) is 12.0. The highest BCUT2D eigenvalue weighted by Crippen LogP contribution is 2.27. The van der Waals surface area contributed by atoms with Gasteiger partial charge in [-0.2, -0.15) is 0 Å². The monoisotopic (exact) mass is 249 g/mol. The Kier molecular flexibility index (Phi) is 4.06. The van der Waals surface area contributed by atoms with Crippen LogP contribution in [0.4, 0.5) is 5.13 Å². The molecule has 0 radical (unpaired) electrons. The molecule has 0 amide bonds. The fourth-order valence-electron chi connectivity index (χ4n) is 1.35. The van der Waals surface area contributed by atoms with Gasteiger partial charge in [0.1, 0.15) is 0 Å². The summed E-state index contributed by atoms with van der Waals surface area (Å²) in [5.41, 5.74) is 2.13. The number of thiazole rings is 1. The van der Waals surface area contributed by atoms with E-state index in [1.165, 1.54) is 0 Å². The summed E-state index contributed by atoms with van der Waals surface area (Å²) in [5, 5.41) is 4.10. The molecule has 5 heteroatoms. The molecule has 4 nitrogen and oxygen atoms in total. The van der Waals surface area contributed by atoms with Gasteiger partial charge in [0.2, 0.25) is 0 Å². The van der Waals surface area contributed by atoms with E-state index in [9.17, 15) is 0 Å². The number of pyridine rings is 1. The standard InChI is InChI=1S/C12H15N3OS/c1-9-3-4-10(14-7-9)11-8-15-12(17-11)13-5-6-16-2/h3-4,7-8H,5-6H2,1-2H3,(H,13,15). The first-order valence-corrected chi connectivity index (χ1v) is 6.23. The molecular formula is C12H15N3OS. The summed E-state index contributed by atoms with van der Waals surface area (Å²) >= 11 is 1.60. The van der Waals surface area contributed by atoms with E-state index in [0.29, 0.717) is 6.61 Å². The van der Waals surface area contributed by atoms with Crippen LogP contribution in [0.15, 0.2) is 24.5 Å². The van der Waals surface area contributed by atoms with Crippen molar-refractivity contribution in [1.29, 1.82) is 0 Å². The first-order chi connectivity index (χ1) is 8.29. The molecule has 0 aliphatic rings. The Morgan fingerprint density at radius 1 is 1.29 bits per heavy atom. The zero-order chi connectivity index (χ0) is 12.1. The van der Waals surface area contributed by atoms with Crippen molar-refractivity contribution >= 4 is 16.5 Å². The summed E-state index contributed by atoms with van der Waals surface area (Å²) < 4.78 is 4.97. The smallest absolute Gasteiger partial charge is 0.183 e. The molecular weight excluding hydrogens is 234 g/mol. The van der Waals surface area contributed by atoms with Gasteiger partial charge in [-0.25, -0.2) is 4.98 Å². The van der Waals surface area contributed by atoms with Crippen LogP contribution in [0.25, 0.3) is 10.6 Å².